The van der Waals surface area contributed by atoms with E-state index in [4.69, 9.17) is 9.47 Å². The summed E-state index contributed by atoms with van der Waals surface area (Å²) in [5.41, 5.74) is 1.11. The molecule has 1 aliphatic rings. The van der Waals surface area contributed by atoms with Gasteiger partial charge < -0.3 is 14.4 Å². The van der Waals surface area contributed by atoms with Gasteiger partial charge in [-0.25, -0.2) is 8.42 Å². The van der Waals surface area contributed by atoms with E-state index in [0.29, 0.717) is 37.7 Å². The Morgan fingerprint density at radius 3 is 2.26 bits per heavy atom. The normalized spacial score (nSPS) is 15.2. The highest BCUT2D eigenvalue weighted by Gasteiger charge is 2.30. The Morgan fingerprint density at radius 1 is 0.963 bits per heavy atom. The Kier molecular flexibility index (Phi) is 5.54. The molecule has 0 atom stereocenters. The highest BCUT2D eigenvalue weighted by molar-refractivity contribution is 7.89. The average Bonchev–Trinajstić information content (AvgIpc) is 2.73. The lowest BCUT2D eigenvalue weighted by molar-refractivity contribution is 0.354. The molecule has 8 heteroatoms. The zero-order chi connectivity index (χ0) is 19.4. The molecule has 0 unspecified atom stereocenters. The van der Waals surface area contributed by atoms with Gasteiger partial charge in [0.2, 0.25) is 10.0 Å². The Morgan fingerprint density at radius 2 is 1.63 bits per heavy atom. The van der Waals surface area contributed by atoms with Crippen molar-refractivity contribution in [2.75, 3.05) is 45.3 Å². The molecule has 0 saturated carbocycles. The third-order valence-electron chi connectivity index (χ3n) is 4.60. The van der Waals surface area contributed by atoms with Gasteiger partial charge in [-0.2, -0.15) is 9.57 Å². The van der Waals surface area contributed by atoms with E-state index in [1.54, 1.807) is 26.4 Å². The van der Waals surface area contributed by atoms with Crippen LogP contribution < -0.4 is 14.4 Å². The number of ether oxygens (including phenoxy) is 2. The largest absolute Gasteiger partial charge is 0.493 e. The fourth-order valence-electron chi connectivity index (χ4n) is 3.13. The van der Waals surface area contributed by atoms with E-state index in [-0.39, 0.29) is 10.5 Å². The third kappa shape index (κ3) is 3.70. The summed E-state index contributed by atoms with van der Waals surface area (Å²) in [7, 11) is -0.529. The van der Waals surface area contributed by atoms with Crippen molar-refractivity contribution in [3.8, 4) is 17.6 Å². The molecule has 1 saturated heterocycles. The lowest BCUT2D eigenvalue weighted by Crippen LogP contribution is -2.48. The number of anilines is 1. The van der Waals surface area contributed by atoms with E-state index in [1.165, 1.54) is 16.4 Å². The van der Waals surface area contributed by atoms with Crippen LogP contribution in [-0.2, 0) is 10.0 Å². The Bertz CT molecular complexity index is 961. The molecular weight excluding hydrogens is 366 g/mol. The summed E-state index contributed by atoms with van der Waals surface area (Å²) < 4.78 is 37.9. The smallest absolute Gasteiger partial charge is 0.244 e. The van der Waals surface area contributed by atoms with Crippen molar-refractivity contribution in [3.05, 3.63) is 48.0 Å². The van der Waals surface area contributed by atoms with Gasteiger partial charge in [-0.1, -0.05) is 12.1 Å². The highest BCUT2D eigenvalue weighted by Crippen LogP contribution is 2.32. The van der Waals surface area contributed by atoms with Gasteiger partial charge in [-0.15, -0.1) is 0 Å². The maximum Gasteiger partial charge on any atom is 0.244 e. The van der Waals surface area contributed by atoms with Crippen molar-refractivity contribution >= 4 is 15.7 Å². The van der Waals surface area contributed by atoms with Crippen LogP contribution in [0.4, 0.5) is 5.69 Å². The number of nitriles is 1. The number of benzene rings is 2. The quantitative estimate of drug-likeness (QED) is 0.781. The summed E-state index contributed by atoms with van der Waals surface area (Å²) in [5.74, 6) is 1.28. The molecule has 27 heavy (non-hydrogen) atoms. The first-order chi connectivity index (χ1) is 13.0. The zero-order valence-electron chi connectivity index (χ0n) is 15.3. The highest BCUT2D eigenvalue weighted by atomic mass is 32.2. The van der Waals surface area contributed by atoms with Crippen LogP contribution in [-0.4, -0.2) is 53.1 Å². The van der Waals surface area contributed by atoms with Gasteiger partial charge in [0, 0.05) is 37.9 Å². The summed E-state index contributed by atoms with van der Waals surface area (Å²) in [6.45, 7) is 1.78. The van der Waals surface area contributed by atoms with Gasteiger partial charge in [0.25, 0.3) is 0 Å². The summed E-state index contributed by atoms with van der Waals surface area (Å²) >= 11 is 0. The van der Waals surface area contributed by atoms with E-state index < -0.39 is 10.0 Å². The predicted molar refractivity (Wildman–Crippen MR) is 102 cm³/mol. The first kappa shape index (κ1) is 19.0. The van der Waals surface area contributed by atoms with E-state index in [1.807, 2.05) is 24.3 Å². The second-order valence-electron chi connectivity index (χ2n) is 6.04. The summed E-state index contributed by atoms with van der Waals surface area (Å²) in [5, 5.41) is 9.20. The standard InChI is InChI=1S/C19H21N3O4S/c1-25-17-8-7-16(13-18(17)26-2)21-9-11-22(12-10-21)27(23,24)19-6-4-3-5-15(19)14-20/h3-8,13H,9-12H2,1-2H3. The van der Waals surface area contributed by atoms with Crippen molar-refractivity contribution in [1.82, 2.24) is 4.31 Å². The van der Waals surface area contributed by atoms with Crippen molar-refractivity contribution in [2.45, 2.75) is 4.90 Å². The van der Waals surface area contributed by atoms with Crippen molar-refractivity contribution < 1.29 is 17.9 Å². The van der Waals surface area contributed by atoms with Crippen molar-refractivity contribution in [2.24, 2.45) is 0 Å². The number of nitrogens with zero attached hydrogens (tertiary/aromatic N) is 3. The Hall–Kier alpha value is -2.76. The minimum absolute atomic E-state index is 0.0621. The van der Waals surface area contributed by atoms with Crippen molar-refractivity contribution in [1.29, 1.82) is 5.26 Å². The van der Waals surface area contributed by atoms with E-state index in [2.05, 4.69) is 4.90 Å². The van der Waals surface area contributed by atoms with Crippen LogP contribution in [0.1, 0.15) is 5.56 Å². The molecule has 142 valence electrons. The topological polar surface area (TPSA) is 82.9 Å². The maximum atomic E-state index is 12.9. The number of hydrogen-bond acceptors (Lipinski definition) is 6. The van der Waals surface area contributed by atoms with Crippen LogP contribution >= 0.6 is 0 Å². The Balaban J connectivity index is 1.76. The van der Waals surface area contributed by atoms with Gasteiger partial charge in [-0.05, 0) is 24.3 Å². The number of sulfonamides is 1. The lowest BCUT2D eigenvalue weighted by atomic mass is 10.2. The van der Waals surface area contributed by atoms with Crippen LogP contribution in [0, 0.1) is 11.3 Å². The van der Waals surface area contributed by atoms with Crippen LogP contribution in [0.5, 0.6) is 11.5 Å². The molecule has 0 aromatic heterocycles. The molecule has 0 aliphatic carbocycles. The molecule has 0 spiro atoms. The second kappa shape index (κ2) is 7.86. The van der Waals surface area contributed by atoms with Crippen LogP contribution in [0.15, 0.2) is 47.4 Å². The summed E-state index contributed by atoms with van der Waals surface area (Å²) in [6.07, 6.45) is 0. The van der Waals surface area contributed by atoms with E-state index in [0.717, 1.165) is 5.69 Å². The van der Waals surface area contributed by atoms with Gasteiger partial charge in [-0.3, -0.25) is 0 Å². The fraction of sp³-hybridized carbons (Fsp3) is 0.316. The molecule has 1 aliphatic heterocycles. The zero-order valence-corrected chi connectivity index (χ0v) is 16.1. The second-order valence-corrected chi connectivity index (χ2v) is 7.94. The van der Waals surface area contributed by atoms with Crippen LogP contribution in [0.2, 0.25) is 0 Å². The molecule has 0 N–H and O–H groups in total. The summed E-state index contributed by atoms with van der Waals surface area (Å²) in [4.78, 5) is 2.16. The lowest BCUT2D eigenvalue weighted by Gasteiger charge is -2.35. The minimum atomic E-state index is -3.69. The Labute approximate surface area is 159 Å². The first-order valence-electron chi connectivity index (χ1n) is 8.47. The van der Waals surface area contributed by atoms with Gasteiger partial charge >= 0.3 is 0 Å². The van der Waals surface area contributed by atoms with Gasteiger partial charge in [0.05, 0.1) is 24.7 Å². The molecule has 0 radical (unpaired) electrons. The molecule has 7 nitrogen and oxygen atoms in total. The van der Waals surface area contributed by atoms with Crippen LogP contribution in [0.3, 0.4) is 0 Å². The fourth-order valence-corrected chi connectivity index (χ4v) is 4.70. The van der Waals surface area contributed by atoms with Gasteiger partial charge in [0.15, 0.2) is 11.5 Å². The number of hydrogen-bond donors (Lipinski definition) is 0. The molecular formula is C19H21N3O4S. The number of methoxy groups -OCH3 is 2. The first-order valence-corrected chi connectivity index (χ1v) is 9.91. The molecule has 2 aromatic carbocycles. The SMILES string of the molecule is COc1ccc(N2CCN(S(=O)(=O)c3ccccc3C#N)CC2)cc1OC. The number of piperazine rings is 1. The molecule has 0 bridgehead atoms. The molecule has 1 fully saturated rings. The monoisotopic (exact) mass is 387 g/mol. The number of rotatable bonds is 5. The predicted octanol–water partition coefficient (Wildman–Crippen LogP) is 2.09. The molecule has 2 aromatic rings. The third-order valence-corrected chi connectivity index (χ3v) is 6.55. The van der Waals surface area contributed by atoms with E-state index in [9.17, 15) is 13.7 Å². The van der Waals surface area contributed by atoms with E-state index >= 15 is 0 Å². The van der Waals surface area contributed by atoms with Crippen molar-refractivity contribution in [3.63, 3.8) is 0 Å². The minimum Gasteiger partial charge on any atom is -0.493 e. The molecule has 1 heterocycles. The molecule has 3 rings (SSSR count). The average molecular weight is 387 g/mol. The van der Waals surface area contributed by atoms with Gasteiger partial charge in [0.1, 0.15) is 6.07 Å². The molecule has 0 amide bonds. The van der Waals surface area contributed by atoms with Crippen LogP contribution in [0.25, 0.3) is 0 Å². The summed E-state index contributed by atoms with van der Waals surface area (Å²) in [6, 6.07) is 13.9. The maximum absolute atomic E-state index is 12.9.